The highest BCUT2D eigenvalue weighted by Gasteiger charge is 2.29. The summed E-state index contributed by atoms with van der Waals surface area (Å²) in [5.74, 6) is 0. The van der Waals surface area contributed by atoms with Crippen LogP contribution in [0.1, 0.15) is 33.1 Å². The van der Waals surface area contributed by atoms with E-state index in [9.17, 15) is 16.8 Å². The van der Waals surface area contributed by atoms with Crippen LogP contribution in [0.2, 0.25) is 0 Å². The molecule has 2 saturated heterocycles. The van der Waals surface area contributed by atoms with Crippen molar-refractivity contribution in [2.75, 3.05) is 45.2 Å². The Kier molecular flexibility index (Phi) is 8.32. The topological polar surface area (TPSA) is 113 Å². The van der Waals surface area contributed by atoms with Gasteiger partial charge < -0.3 is 9.64 Å². The molecule has 0 aliphatic carbocycles. The van der Waals surface area contributed by atoms with Crippen LogP contribution >= 0.6 is 0 Å². The molecule has 0 saturated carbocycles. The summed E-state index contributed by atoms with van der Waals surface area (Å²) in [6.45, 7) is 8.03. The lowest BCUT2D eigenvalue weighted by molar-refractivity contribution is -0.0696. The second-order valence-corrected chi connectivity index (χ2v) is 14.0. The van der Waals surface area contributed by atoms with Gasteiger partial charge in [-0.05, 0) is 69.0 Å². The van der Waals surface area contributed by atoms with Crippen molar-refractivity contribution in [3.63, 3.8) is 0 Å². The van der Waals surface area contributed by atoms with E-state index >= 15 is 0 Å². The molecule has 0 spiro atoms. The van der Waals surface area contributed by atoms with Gasteiger partial charge in [0.1, 0.15) is 0 Å². The number of ether oxygens (including phenoxy) is 1. The molecule has 3 atom stereocenters. The van der Waals surface area contributed by atoms with E-state index in [1.54, 1.807) is 0 Å². The summed E-state index contributed by atoms with van der Waals surface area (Å²) in [6.07, 6.45) is 3.88. The molecule has 2 fully saturated rings. The molecule has 1 unspecified atom stereocenters. The maximum Gasteiger partial charge on any atom is 0.243 e. The van der Waals surface area contributed by atoms with Crippen LogP contribution in [0.3, 0.4) is 0 Å². The molecule has 0 bridgehead atoms. The van der Waals surface area contributed by atoms with Gasteiger partial charge >= 0.3 is 0 Å². The average Bonchev–Trinajstić information content (AvgIpc) is 2.83. The van der Waals surface area contributed by atoms with Gasteiger partial charge in [-0.3, -0.25) is 4.90 Å². The normalized spacial score (nSPS) is 23.9. The van der Waals surface area contributed by atoms with Crippen molar-refractivity contribution >= 4 is 25.7 Å². The maximum atomic E-state index is 13.0. The Labute approximate surface area is 221 Å². The predicted octanol–water partition coefficient (Wildman–Crippen LogP) is 2.72. The number of hydrogen-bond donors (Lipinski definition) is 1. The lowest BCUT2D eigenvalue weighted by Crippen LogP contribution is -2.52. The molecule has 204 valence electrons. The quantitative estimate of drug-likeness (QED) is 0.564. The molecule has 37 heavy (non-hydrogen) atoms. The van der Waals surface area contributed by atoms with Gasteiger partial charge in [-0.25, -0.2) is 26.3 Å². The molecule has 4 rings (SSSR count). The third-order valence-electron chi connectivity index (χ3n) is 7.14. The van der Waals surface area contributed by atoms with Crippen LogP contribution in [-0.2, 0) is 24.8 Å². The van der Waals surface area contributed by atoms with Crippen molar-refractivity contribution in [2.24, 2.45) is 5.14 Å². The number of nitrogens with two attached hydrogens (primary N) is 1. The van der Waals surface area contributed by atoms with Crippen LogP contribution in [0.4, 0.5) is 5.69 Å². The number of sulfonamides is 2. The fraction of sp³-hybridized carbons (Fsp3) is 0.538. The number of rotatable bonds is 7. The smallest absolute Gasteiger partial charge is 0.243 e. The summed E-state index contributed by atoms with van der Waals surface area (Å²) in [5.41, 5.74) is 1.99. The highest BCUT2D eigenvalue weighted by atomic mass is 32.2. The van der Waals surface area contributed by atoms with Gasteiger partial charge in [0.05, 0.1) is 22.0 Å². The van der Waals surface area contributed by atoms with Crippen molar-refractivity contribution in [3.8, 4) is 11.1 Å². The first kappa shape index (κ1) is 28.0. The molecule has 2 aliphatic heterocycles. The molecule has 2 aromatic rings. The molecule has 11 heteroatoms. The van der Waals surface area contributed by atoms with E-state index in [0.29, 0.717) is 17.2 Å². The first-order chi connectivity index (χ1) is 17.4. The minimum atomic E-state index is -4.00. The minimum Gasteiger partial charge on any atom is -0.373 e. The lowest BCUT2D eigenvalue weighted by Gasteiger charge is -2.43. The highest BCUT2D eigenvalue weighted by Crippen LogP contribution is 2.34. The van der Waals surface area contributed by atoms with Gasteiger partial charge in [-0.1, -0.05) is 12.1 Å². The molecule has 2 N–H and O–H groups in total. The molecular formula is C26H38N4O5S2. The third kappa shape index (κ3) is 6.35. The molecular weight excluding hydrogens is 512 g/mol. The van der Waals surface area contributed by atoms with Gasteiger partial charge in [0, 0.05) is 57.6 Å². The van der Waals surface area contributed by atoms with Crippen LogP contribution in [0.5, 0.6) is 0 Å². The van der Waals surface area contributed by atoms with Gasteiger partial charge in [0.15, 0.2) is 0 Å². The van der Waals surface area contributed by atoms with Crippen LogP contribution in [0.15, 0.2) is 52.3 Å². The van der Waals surface area contributed by atoms with Crippen molar-refractivity contribution in [3.05, 3.63) is 42.5 Å². The zero-order valence-corrected chi connectivity index (χ0v) is 23.6. The Balaban J connectivity index is 1.65. The standard InChI is InChI=1S/C26H38N4O5S2/c1-19-16-29(17-20(2)35-19)18-23-7-5-6-14-30(23)22-10-8-21(9-11-22)25-15-24(36(27,31)32)12-13-26(25)37(33,34)28(3)4/h8-13,15,19-20,23H,5-7,14,16-18H2,1-4H3,(H2,27,31,32)/t19-,20+,23?. The van der Waals surface area contributed by atoms with Crippen LogP contribution < -0.4 is 10.0 Å². The van der Waals surface area contributed by atoms with E-state index < -0.39 is 20.0 Å². The van der Waals surface area contributed by atoms with E-state index in [2.05, 4.69) is 23.6 Å². The number of benzene rings is 2. The second kappa shape index (κ2) is 11.0. The molecule has 0 aromatic heterocycles. The van der Waals surface area contributed by atoms with E-state index in [1.807, 2.05) is 24.3 Å². The second-order valence-electron chi connectivity index (χ2n) is 10.4. The van der Waals surface area contributed by atoms with Crippen molar-refractivity contribution in [1.82, 2.24) is 9.21 Å². The minimum absolute atomic E-state index is 0.0315. The van der Waals surface area contributed by atoms with Gasteiger partial charge in [-0.2, -0.15) is 0 Å². The largest absolute Gasteiger partial charge is 0.373 e. The maximum absolute atomic E-state index is 13.0. The number of primary sulfonamides is 1. The number of piperidine rings is 1. The van der Waals surface area contributed by atoms with E-state index in [4.69, 9.17) is 9.88 Å². The number of hydrogen-bond acceptors (Lipinski definition) is 7. The monoisotopic (exact) mass is 550 g/mol. The number of nitrogens with zero attached hydrogens (tertiary/aromatic N) is 3. The molecule has 0 radical (unpaired) electrons. The van der Waals surface area contributed by atoms with Crippen molar-refractivity contribution in [2.45, 2.75) is 61.2 Å². The zero-order chi connectivity index (χ0) is 27.0. The zero-order valence-electron chi connectivity index (χ0n) is 22.0. The Hall–Kier alpha value is -2.02. The molecule has 2 heterocycles. The number of morpholine rings is 1. The first-order valence-corrected chi connectivity index (χ1v) is 15.7. The Morgan fingerprint density at radius 1 is 0.973 bits per heavy atom. The highest BCUT2D eigenvalue weighted by molar-refractivity contribution is 7.89. The summed E-state index contributed by atoms with van der Waals surface area (Å²) in [5, 5.41) is 5.35. The molecule has 0 amide bonds. The van der Waals surface area contributed by atoms with Crippen LogP contribution in [0.25, 0.3) is 11.1 Å². The van der Waals surface area contributed by atoms with Gasteiger partial charge in [0.2, 0.25) is 20.0 Å². The summed E-state index contributed by atoms with van der Waals surface area (Å²) >= 11 is 0. The Bertz CT molecular complexity index is 1300. The van der Waals surface area contributed by atoms with E-state index in [0.717, 1.165) is 49.0 Å². The fourth-order valence-corrected chi connectivity index (χ4v) is 7.06. The molecule has 2 aliphatic rings. The van der Waals surface area contributed by atoms with Crippen LogP contribution in [0, 0.1) is 0 Å². The van der Waals surface area contributed by atoms with E-state index in [1.165, 1.54) is 38.7 Å². The summed E-state index contributed by atoms with van der Waals surface area (Å²) < 4.78 is 57.0. The summed E-state index contributed by atoms with van der Waals surface area (Å²) in [7, 11) is -4.92. The molecule has 2 aromatic carbocycles. The third-order valence-corrected chi connectivity index (χ3v) is 9.92. The lowest BCUT2D eigenvalue weighted by atomic mass is 9.99. The summed E-state index contributed by atoms with van der Waals surface area (Å²) in [6, 6.07) is 12.0. The average molecular weight is 551 g/mol. The van der Waals surface area contributed by atoms with Crippen molar-refractivity contribution in [1.29, 1.82) is 0 Å². The SMILES string of the molecule is C[C@@H]1CN(CC2CCCCN2c2ccc(-c3cc(S(N)(=O)=O)ccc3S(=O)(=O)N(C)C)cc2)C[C@H](C)O1. The van der Waals surface area contributed by atoms with E-state index in [-0.39, 0.29) is 22.0 Å². The summed E-state index contributed by atoms with van der Waals surface area (Å²) in [4.78, 5) is 4.84. The fourth-order valence-electron chi connectivity index (χ4n) is 5.43. The van der Waals surface area contributed by atoms with Crippen molar-refractivity contribution < 1.29 is 21.6 Å². The Morgan fingerprint density at radius 3 is 2.22 bits per heavy atom. The van der Waals surface area contributed by atoms with Gasteiger partial charge in [-0.15, -0.1) is 0 Å². The first-order valence-electron chi connectivity index (χ1n) is 12.7. The number of anilines is 1. The predicted molar refractivity (Wildman–Crippen MR) is 146 cm³/mol. The molecule has 9 nitrogen and oxygen atoms in total. The van der Waals surface area contributed by atoms with Crippen LogP contribution in [-0.4, -0.2) is 84.6 Å². The van der Waals surface area contributed by atoms with Gasteiger partial charge in [0.25, 0.3) is 0 Å². The Morgan fingerprint density at radius 2 is 1.62 bits per heavy atom.